The molecule has 1 atom stereocenters. The molecule has 3 nitrogen and oxygen atoms in total. The monoisotopic (exact) mass is 281 g/mol. The van der Waals surface area contributed by atoms with Crippen molar-refractivity contribution in [2.75, 3.05) is 13.2 Å². The zero-order valence-corrected chi connectivity index (χ0v) is 12.3. The Bertz CT molecular complexity index is 536. The lowest BCUT2D eigenvalue weighted by Crippen LogP contribution is -2.26. The summed E-state index contributed by atoms with van der Waals surface area (Å²) < 4.78 is 11.6. The normalized spacial score (nSPS) is 13.3. The van der Waals surface area contributed by atoms with E-state index in [0.29, 0.717) is 6.61 Å². The summed E-state index contributed by atoms with van der Waals surface area (Å²) in [4.78, 5) is 0. The number of furan rings is 1. The number of nitrogens with one attached hydrogen (secondary N) is 1. The van der Waals surface area contributed by atoms with E-state index in [-0.39, 0.29) is 12.1 Å². The molecule has 0 amide bonds. The van der Waals surface area contributed by atoms with Gasteiger partial charge in [0.15, 0.2) is 0 Å². The van der Waals surface area contributed by atoms with Crippen molar-refractivity contribution in [3.05, 3.63) is 35.0 Å². The van der Waals surface area contributed by atoms with Gasteiger partial charge in [0.2, 0.25) is 0 Å². The van der Waals surface area contributed by atoms with Crippen LogP contribution in [-0.2, 0) is 4.74 Å². The highest BCUT2D eigenvalue weighted by Crippen LogP contribution is 2.26. The SMILES string of the molecule is CCNC(COC(C)C)c1cc2cc(Cl)ccc2o1. The summed E-state index contributed by atoms with van der Waals surface area (Å²) >= 11 is 5.99. The highest BCUT2D eigenvalue weighted by molar-refractivity contribution is 6.31. The number of fused-ring (bicyclic) bond motifs is 1. The Balaban J connectivity index is 2.22. The average Bonchev–Trinajstić information content (AvgIpc) is 2.76. The number of likely N-dealkylation sites (N-methyl/N-ethyl adjacent to an activating group) is 1. The minimum Gasteiger partial charge on any atom is -0.459 e. The van der Waals surface area contributed by atoms with Gasteiger partial charge in [-0.15, -0.1) is 0 Å². The number of ether oxygens (including phenoxy) is 1. The van der Waals surface area contributed by atoms with E-state index in [1.54, 1.807) is 0 Å². The summed E-state index contributed by atoms with van der Waals surface area (Å²) in [6.45, 7) is 7.59. The van der Waals surface area contributed by atoms with Gasteiger partial charge in [0, 0.05) is 10.4 Å². The Morgan fingerprint density at radius 3 is 2.79 bits per heavy atom. The van der Waals surface area contributed by atoms with Crippen LogP contribution in [0.15, 0.2) is 28.7 Å². The van der Waals surface area contributed by atoms with Crippen LogP contribution in [0.5, 0.6) is 0 Å². The van der Waals surface area contributed by atoms with Crippen LogP contribution in [0.1, 0.15) is 32.6 Å². The molecule has 104 valence electrons. The number of rotatable bonds is 6. The second kappa shape index (κ2) is 6.42. The maximum atomic E-state index is 5.99. The lowest BCUT2D eigenvalue weighted by molar-refractivity contribution is 0.0575. The molecule has 1 aromatic heterocycles. The number of hydrogen-bond acceptors (Lipinski definition) is 3. The fraction of sp³-hybridized carbons (Fsp3) is 0.467. The molecule has 0 aliphatic heterocycles. The molecule has 1 aromatic carbocycles. The molecule has 0 radical (unpaired) electrons. The molecular formula is C15H20ClNO2. The molecule has 1 unspecified atom stereocenters. The smallest absolute Gasteiger partial charge is 0.134 e. The predicted octanol–water partition coefficient (Wildman–Crippen LogP) is 4.16. The highest BCUT2D eigenvalue weighted by atomic mass is 35.5. The molecule has 1 heterocycles. The molecule has 2 aromatic rings. The Hall–Kier alpha value is -1.03. The van der Waals surface area contributed by atoms with E-state index in [9.17, 15) is 0 Å². The molecule has 0 aliphatic rings. The van der Waals surface area contributed by atoms with Crippen molar-refractivity contribution >= 4 is 22.6 Å². The molecule has 1 N–H and O–H groups in total. The van der Waals surface area contributed by atoms with Gasteiger partial charge in [0.25, 0.3) is 0 Å². The van der Waals surface area contributed by atoms with Crippen LogP contribution in [0, 0.1) is 0 Å². The predicted molar refractivity (Wildman–Crippen MR) is 78.7 cm³/mol. The van der Waals surface area contributed by atoms with Gasteiger partial charge < -0.3 is 14.5 Å². The molecular weight excluding hydrogens is 262 g/mol. The van der Waals surface area contributed by atoms with Gasteiger partial charge in [0.05, 0.1) is 18.8 Å². The molecule has 2 rings (SSSR count). The van der Waals surface area contributed by atoms with E-state index >= 15 is 0 Å². The van der Waals surface area contributed by atoms with Gasteiger partial charge in [-0.1, -0.05) is 18.5 Å². The van der Waals surface area contributed by atoms with Gasteiger partial charge >= 0.3 is 0 Å². The molecule has 0 fully saturated rings. The van der Waals surface area contributed by atoms with Gasteiger partial charge in [0.1, 0.15) is 11.3 Å². The van der Waals surface area contributed by atoms with E-state index in [1.807, 2.05) is 38.1 Å². The molecule has 0 saturated heterocycles. The third-order valence-corrected chi connectivity index (χ3v) is 3.12. The zero-order valence-electron chi connectivity index (χ0n) is 11.6. The van der Waals surface area contributed by atoms with Crippen LogP contribution in [-0.4, -0.2) is 19.3 Å². The second-order valence-electron chi connectivity index (χ2n) is 4.82. The Labute approximate surface area is 118 Å². The summed E-state index contributed by atoms with van der Waals surface area (Å²) in [6, 6.07) is 7.74. The Morgan fingerprint density at radius 2 is 2.11 bits per heavy atom. The van der Waals surface area contributed by atoms with E-state index in [0.717, 1.165) is 28.3 Å². The molecule has 0 saturated carbocycles. The molecule has 0 spiro atoms. The van der Waals surface area contributed by atoms with E-state index in [1.165, 1.54) is 0 Å². The van der Waals surface area contributed by atoms with E-state index in [2.05, 4.69) is 12.2 Å². The highest BCUT2D eigenvalue weighted by Gasteiger charge is 2.16. The summed E-state index contributed by atoms with van der Waals surface area (Å²) in [7, 11) is 0. The quantitative estimate of drug-likeness (QED) is 0.863. The van der Waals surface area contributed by atoms with Crippen LogP contribution in [0.2, 0.25) is 5.02 Å². The summed E-state index contributed by atoms with van der Waals surface area (Å²) in [5, 5.41) is 5.12. The maximum Gasteiger partial charge on any atom is 0.134 e. The summed E-state index contributed by atoms with van der Waals surface area (Å²) in [5.74, 6) is 0.889. The summed E-state index contributed by atoms with van der Waals surface area (Å²) in [6.07, 6.45) is 0.208. The van der Waals surface area contributed by atoms with Crippen LogP contribution in [0.3, 0.4) is 0 Å². The first-order valence-electron chi connectivity index (χ1n) is 6.64. The first-order chi connectivity index (χ1) is 9.10. The van der Waals surface area contributed by atoms with Crippen molar-refractivity contribution in [1.82, 2.24) is 5.32 Å². The minimum absolute atomic E-state index is 0.0681. The topological polar surface area (TPSA) is 34.4 Å². The lowest BCUT2D eigenvalue weighted by Gasteiger charge is -2.17. The standard InChI is InChI=1S/C15H20ClNO2/c1-4-17-13(9-18-10(2)3)15-8-11-7-12(16)5-6-14(11)19-15/h5-8,10,13,17H,4,9H2,1-3H3. The largest absolute Gasteiger partial charge is 0.459 e. The number of hydrogen-bond donors (Lipinski definition) is 1. The first-order valence-corrected chi connectivity index (χ1v) is 7.02. The van der Waals surface area contributed by atoms with Crippen LogP contribution < -0.4 is 5.32 Å². The minimum atomic E-state index is 0.0681. The van der Waals surface area contributed by atoms with Gasteiger partial charge in [-0.05, 0) is 44.7 Å². The fourth-order valence-electron chi connectivity index (χ4n) is 1.98. The van der Waals surface area contributed by atoms with Crippen molar-refractivity contribution in [1.29, 1.82) is 0 Å². The van der Waals surface area contributed by atoms with Crippen molar-refractivity contribution in [2.24, 2.45) is 0 Å². The third kappa shape index (κ3) is 3.72. The van der Waals surface area contributed by atoms with Crippen molar-refractivity contribution in [3.8, 4) is 0 Å². The molecule has 0 aliphatic carbocycles. The van der Waals surface area contributed by atoms with Crippen molar-refractivity contribution < 1.29 is 9.15 Å². The molecule has 4 heteroatoms. The summed E-state index contributed by atoms with van der Waals surface area (Å²) in [5.41, 5.74) is 0.854. The van der Waals surface area contributed by atoms with Crippen molar-refractivity contribution in [3.63, 3.8) is 0 Å². The van der Waals surface area contributed by atoms with Crippen LogP contribution in [0.25, 0.3) is 11.0 Å². The Kier molecular flexibility index (Phi) is 4.86. The zero-order chi connectivity index (χ0) is 13.8. The Morgan fingerprint density at radius 1 is 1.32 bits per heavy atom. The number of halogens is 1. The average molecular weight is 282 g/mol. The third-order valence-electron chi connectivity index (χ3n) is 2.89. The van der Waals surface area contributed by atoms with Gasteiger partial charge in [-0.2, -0.15) is 0 Å². The van der Waals surface area contributed by atoms with Crippen molar-refractivity contribution in [2.45, 2.75) is 32.9 Å². The molecule has 19 heavy (non-hydrogen) atoms. The number of benzene rings is 1. The van der Waals surface area contributed by atoms with E-state index < -0.39 is 0 Å². The fourth-order valence-corrected chi connectivity index (χ4v) is 2.16. The van der Waals surface area contributed by atoms with E-state index in [4.69, 9.17) is 20.8 Å². The first kappa shape index (κ1) is 14.4. The van der Waals surface area contributed by atoms with Crippen LogP contribution >= 0.6 is 11.6 Å². The maximum absolute atomic E-state index is 5.99. The lowest BCUT2D eigenvalue weighted by atomic mass is 10.2. The van der Waals surface area contributed by atoms with Gasteiger partial charge in [-0.3, -0.25) is 0 Å². The van der Waals surface area contributed by atoms with Crippen LogP contribution in [0.4, 0.5) is 0 Å². The van der Waals surface area contributed by atoms with Gasteiger partial charge in [-0.25, -0.2) is 0 Å². The molecule has 0 bridgehead atoms. The second-order valence-corrected chi connectivity index (χ2v) is 5.26.